The number of hydrogen-bond acceptors (Lipinski definition) is 3. The number of benzene rings is 2. The third kappa shape index (κ3) is 4.69. The molecule has 3 aliphatic rings. The molecule has 2 aromatic rings. The Morgan fingerprint density at radius 3 is 2.29 bits per heavy atom. The number of ether oxygens (including phenoxy) is 1. The fourth-order valence-electron chi connectivity index (χ4n) is 5.80. The first-order valence-corrected chi connectivity index (χ1v) is 11.7. The van der Waals surface area contributed by atoms with Crippen LogP contribution in [0.3, 0.4) is 0 Å². The van der Waals surface area contributed by atoms with Crippen molar-refractivity contribution in [1.29, 1.82) is 0 Å². The highest BCUT2D eigenvalue weighted by molar-refractivity contribution is 5.89. The Morgan fingerprint density at radius 1 is 1.03 bits per heavy atom. The SMILES string of the molecule is O=C(O)C1CC12CN(Cc1ccc3c(C(F)(F)F)c(O[C@H]4CC[C@@H](C(F)(F)F)CC4)ccc3c1)C2. The first-order valence-electron chi connectivity index (χ1n) is 11.7. The summed E-state index contributed by atoms with van der Waals surface area (Å²) in [5.41, 5.74) is -0.228. The molecule has 2 aliphatic carbocycles. The van der Waals surface area contributed by atoms with E-state index in [1.165, 1.54) is 12.1 Å². The number of alkyl halides is 6. The molecule has 1 saturated heterocycles. The van der Waals surface area contributed by atoms with Crippen LogP contribution in [0.5, 0.6) is 5.75 Å². The number of likely N-dealkylation sites (tertiary alicyclic amines) is 1. The zero-order chi connectivity index (χ0) is 25.2. The largest absolute Gasteiger partial charge is 0.490 e. The van der Waals surface area contributed by atoms with Crippen molar-refractivity contribution in [2.45, 2.75) is 57.1 Å². The van der Waals surface area contributed by atoms with Gasteiger partial charge in [0.2, 0.25) is 0 Å². The van der Waals surface area contributed by atoms with E-state index in [0.717, 1.165) is 5.56 Å². The highest BCUT2D eigenvalue weighted by Gasteiger charge is 2.64. The van der Waals surface area contributed by atoms with Crippen LogP contribution in [0.25, 0.3) is 10.8 Å². The molecule has 35 heavy (non-hydrogen) atoms. The maximum absolute atomic E-state index is 14.0. The zero-order valence-electron chi connectivity index (χ0n) is 18.8. The summed E-state index contributed by atoms with van der Waals surface area (Å²) in [6, 6.07) is 7.53. The molecule has 1 heterocycles. The van der Waals surface area contributed by atoms with E-state index in [2.05, 4.69) is 4.90 Å². The Morgan fingerprint density at radius 2 is 1.71 bits per heavy atom. The van der Waals surface area contributed by atoms with Gasteiger partial charge < -0.3 is 9.84 Å². The van der Waals surface area contributed by atoms with Crippen LogP contribution in [0.1, 0.15) is 43.2 Å². The average Bonchev–Trinajstić information content (AvgIpc) is 3.48. The van der Waals surface area contributed by atoms with Gasteiger partial charge >= 0.3 is 18.3 Å². The summed E-state index contributed by atoms with van der Waals surface area (Å²) in [5, 5.41) is 9.52. The molecule has 1 spiro atoms. The van der Waals surface area contributed by atoms with E-state index >= 15 is 0 Å². The lowest BCUT2D eigenvalue weighted by Crippen LogP contribution is -2.49. The van der Waals surface area contributed by atoms with E-state index in [1.54, 1.807) is 18.2 Å². The molecule has 0 aromatic heterocycles. The van der Waals surface area contributed by atoms with Gasteiger partial charge in [-0.3, -0.25) is 9.69 Å². The number of rotatable bonds is 5. The highest BCUT2D eigenvalue weighted by atomic mass is 19.4. The molecule has 5 rings (SSSR count). The monoisotopic (exact) mass is 501 g/mol. The molecular formula is C25H25F6NO3. The smallest absolute Gasteiger partial charge is 0.420 e. The molecule has 2 saturated carbocycles. The summed E-state index contributed by atoms with van der Waals surface area (Å²) < 4.78 is 86.4. The van der Waals surface area contributed by atoms with Gasteiger partial charge in [-0.15, -0.1) is 0 Å². The predicted molar refractivity (Wildman–Crippen MR) is 115 cm³/mol. The quantitative estimate of drug-likeness (QED) is 0.491. The fraction of sp³-hybridized carbons (Fsp3) is 0.560. The summed E-state index contributed by atoms with van der Waals surface area (Å²) >= 11 is 0. The van der Waals surface area contributed by atoms with Crippen molar-refractivity contribution < 1.29 is 41.0 Å². The Kier molecular flexibility index (Phi) is 5.73. The van der Waals surface area contributed by atoms with Crippen LogP contribution in [0, 0.1) is 17.3 Å². The third-order valence-electron chi connectivity index (χ3n) is 7.73. The van der Waals surface area contributed by atoms with Crippen LogP contribution in [0.2, 0.25) is 0 Å². The van der Waals surface area contributed by atoms with Crippen molar-refractivity contribution in [3.05, 3.63) is 41.5 Å². The average molecular weight is 501 g/mol. The topological polar surface area (TPSA) is 49.8 Å². The zero-order valence-corrected chi connectivity index (χ0v) is 18.8. The Bertz CT molecular complexity index is 1130. The van der Waals surface area contributed by atoms with Crippen LogP contribution in [-0.4, -0.2) is 41.3 Å². The molecule has 1 atom stereocenters. The predicted octanol–water partition coefficient (Wildman–Crippen LogP) is 6.27. The third-order valence-corrected chi connectivity index (χ3v) is 7.73. The number of carboxylic acid groups (broad SMARTS) is 1. The van der Waals surface area contributed by atoms with Gasteiger partial charge in [0.15, 0.2) is 0 Å². The van der Waals surface area contributed by atoms with Gasteiger partial charge in [-0.25, -0.2) is 0 Å². The van der Waals surface area contributed by atoms with Crippen LogP contribution < -0.4 is 4.74 Å². The minimum atomic E-state index is -4.69. The Hall–Kier alpha value is -2.49. The first kappa shape index (κ1) is 24.2. The van der Waals surface area contributed by atoms with Gasteiger partial charge in [-0.05, 0) is 60.6 Å². The lowest BCUT2D eigenvalue weighted by Gasteiger charge is -2.40. The Labute approximate surface area is 197 Å². The number of carbonyl (C=O) groups is 1. The maximum atomic E-state index is 14.0. The summed E-state index contributed by atoms with van der Waals surface area (Å²) in [7, 11) is 0. The van der Waals surface area contributed by atoms with Crippen LogP contribution in [0.4, 0.5) is 26.3 Å². The molecule has 0 bridgehead atoms. The van der Waals surface area contributed by atoms with Gasteiger partial charge in [0.05, 0.1) is 17.9 Å². The molecule has 3 fully saturated rings. The molecule has 1 aliphatic heterocycles. The van der Waals surface area contributed by atoms with Crippen molar-refractivity contribution in [3.8, 4) is 5.75 Å². The molecule has 0 amide bonds. The number of fused-ring (bicyclic) bond motifs is 1. The second-order valence-corrected chi connectivity index (χ2v) is 10.2. The first-order chi connectivity index (χ1) is 16.4. The van der Waals surface area contributed by atoms with Crippen LogP contribution >= 0.6 is 0 Å². The van der Waals surface area contributed by atoms with Crippen LogP contribution in [0.15, 0.2) is 30.3 Å². The van der Waals surface area contributed by atoms with Gasteiger partial charge in [0.25, 0.3) is 0 Å². The molecule has 2 aromatic carbocycles. The van der Waals surface area contributed by atoms with E-state index in [-0.39, 0.29) is 48.2 Å². The fourth-order valence-corrected chi connectivity index (χ4v) is 5.80. The van der Waals surface area contributed by atoms with Gasteiger partial charge in [-0.2, -0.15) is 26.3 Å². The standard InChI is InChI=1S/C25H25F6NO3/c26-24(27,28)16-3-5-17(6-4-16)35-20-8-2-15-9-14(1-7-18(15)21(20)25(29,30)31)11-32-12-23(13-32)10-19(23)22(33)34/h1-2,7-9,16-17,19H,3-6,10-13H2,(H,33,34)/t16-,17+,19?. The minimum Gasteiger partial charge on any atom is -0.490 e. The highest BCUT2D eigenvalue weighted by Crippen LogP contribution is 2.59. The van der Waals surface area contributed by atoms with Crippen molar-refractivity contribution in [3.63, 3.8) is 0 Å². The van der Waals surface area contributed by atoms with E-state index in [0.29, 0.717) is 31.4 Å². The molecular weight excluding hydrogens is 476 g/mol. The lowest BCUT2D eigenvalue weighted by atomic mass is 9.87. The van der Waals surface area contributed by atoms with Gasteiger partial charge in [-0.1, -0.05) is 18.2 Å². The number of aliphatic carboxylic acids is 1. The number of nitrogens with zero attached hydrogens (tertiary/aromatic N) is 1. The van der Waals surface area contributed by atoms with E-state index < -0.39 is 35.9 Å². The molecule has 10 heteroatoms. The molecule has 4 nitrogen and oxygen atoms in total. The number of halogens is 6. The molecule has 1 N–H and O–H groups in total. The van der Waals surface area contributed by atoms with Crippen molar-refractivity contribution in [2.24, 2.45) is 17.3 Å². The molecule has 1 unspecified atom stereocenters. The Balaban J connectivity index is 1.31. The second-order valence-electron chi connectivity index (χ2n) is 10.2. The van der Waals surface area contributed by atoms with Crippen molar-refractivity contribution in [2.75, 3.05) is 13.1 Å². The summed E-state index contributed by atoms with van der Waals surface area (Å²) in [4.78, 5) is 13.2. The summed E-state index contributed by atoms with van der Waals surface area (Å²) in [5.74, 6) is -2.87. The summed E-state index contributed by atoms with van der Waals surface area (Å²) in [6.07, 6.45) is -9.21. The van der Waals surface area contributed by atoms with Crippen molar-refractivity contribution in [1.82, 2.24) is 4.90 Å². The minimum absolute atomic E-state index is 0.0176. The second kappa shape index (κ2) is 8.28. The van der Waals surface area contributed by atoms with E-state index in [9.17, 15) is 31.1 Å². The lowest BCUT2D eigenvalue weighted by molar-refractivity contribution is -0.185. The van der Waals surface area contributed by atoms with Gasteiger partial charge in [0, 0.05) is 25.0 Å². The maximum Gasteiger partial charge on any atom is 0.420 e. The van der Waals surface area contributed by atoms with E-state index in [1.807, 2.05) is 0 Å². The van der Waals surface area contributed by atoms with Gasteiger partial charge in [0.1, 0.15) is 11.3 Å². The molecule has 190 valence electrons. The molecule has 0 radical (unpaired) electrons. The number of carboxylic acids is 1. The van der Waals surface area contributed by atoms with E-state index in [4.69, 9.17) is 9.84 Å². The summed E-state index contributed by atoms with van der Waals surface area (Å²) in [6.45, 7) is 1.85. The normalized spacial score (nSPS) is 26.5. The van der Waals surface area contributed by atoms with Crippen LogP contribution in [-0.2, 0) is 17.5 Å². The van der Waals surface area contributed by atoms with Crippen molar-refractivity contribution >= 4 is 16.7 Å². The number of hydrogen-bond donors (Lipinski definition) is 1.